The molecule has 3 aromatic rings. The molecule has 170 valence electrons. The van der Waals surface area contributed by atoms with Gasteiger partial charge in [-0.25, -0.2) is 4.98 Å². The molecular weight excluding hydrogens is 404 g/mol. The number of hydrogen-bond acceptors (Lipinski definition) is 5. The van der Waals surface area contributed by atoms with Crippen molar-refractivity contribution in [1.29, 1.82) is 0 Å². The summed E-state index contributed by atoms with van der Waals surface area (Å²) in [6.07, 6.45) is 6.99. The van der Waals surface area contributed by atoms with E-state index in [9.17, 15) is 0 Å². The van der Waals surface area contributed by atoms with Crippen LogP contribution in [0, 0.1) is 13.8 Å². The number of rotatable bonds is 10. The first-order chi connectivity index (χ1) is 15.6. The number of ether oxygens (including phenoxy) is 4. The van der Waals surface area contributed by atoms with Crippen LogP contribution in [0.1, 0.15) is 28.7 Å². The highest BCUT2D eigenvalue weighted by atomic mass is 16.8. The lowest BCUT2D eigenvalue weighted by atomic mass is 10.0. The molecule has 0 bridgehead atoms. The Hall–Kier alpha value is -2.67. The maximum absolute atomic E-state index is 6.47. The van der Waals surface area contributed by atoms with Gasteiger partial charge in [0.15, 0.2) is 5.79 Å². The zero-order chi connectivity index (χ0) is 22.4. The second kappa shape index (κ2) is 10.3. The van der Waals surface area contributed by atoms with E-state index in [-0.39, 0.29) is 6.10 Å². The molecule has 0 amide bonds. The molecular formula is C26H32N2O4. The Balaban J connectivity index is 1.37. The molecule has 1 aromatic heterocycles. The summed E-state index contributed by atoms with van der Waals surface area (Å²) in [5.74, 6) is 0.157. The smallest absolute Gasteiger partial charge is 0.187 e. The Morgan fingerprint density at radius 2 is 1.91 bits per heavy atom. The van der Waals surface area contributed by atoms with Gasteiger partial charge >= 0.3 is 0 Å². The summed E-state index contributed by atoms with van der Waals surface area (Å²) in [6, 6.07) is 14.5. The summed E-state index contributed by atoms with van der Waals surface area (Å²) in [5, 5.41) is 0. The highest BCUT2D eigenvalue weighted by Crippen LogP contribution is 2.31. The molecule has 4 rings (SSSR count). The van der Waals surface area contributed by atoms with Crippen LogP contribution in [0.2, 0.25) is 0 Å². The maximum Gasteiger partial charge on any atom is 0.187 e. The first-order valence-electron chi connectivity index (χ1n) is 11.1. The first-order valence-corrected chi connectivity index (χ1v) is 11.1. The van der Waals surface area contributed by atoms with Gasteiger partial charge in [0.1, 0.15) is 11.9 Å². The molecule has 32 heavy (non-hydrogen) atoms. The van der Waals surface area contributed by atoms with Crippen LogP contribution in [0.15, 0.2) is 61.2 Å². The molecule has 6 heteroatoms. The van der Waals surface area contributed by atoms with E-state index in [1.807, 2.05) is 22.9 Å². The fourth-order valence-electron chi connectivity index (χ4n) is 4.15. The van der Waals surface area contributed by atoms with E-state index in [1.54, 1.807) is 19.6 Å². The van der Waals surface area contributed by atoms with Gasteiger partial charge in [0, 0.05) is 18.8 Å². The Kier molecular flexibility index (Phi) is 7.25. The minimum atomic E-state index is -0.701. The van der Waals surface area contributed by atoms with E-state index in [4.69, 9.17) is 18.9 Å². The Morgan fingerprint density at radius 1 is 1.12 bits per heavy atom. The maximum atomic E-state index is 6.47. The van der Waals surface area contributed by atoms with Crippen LogP contribution in [0.5, 0.6) is 5.75 Å². The molecule has 0 saturated carbocycles. The van der Waals surface area contributed by atoms with Gasteiger partial charge in [-0.05, 0) is 54.7 Å². The Bertz CT molecular complexity index is 967. The number of aryl methyl sites for hydroxylation is 3. The average Bonchev–Trinajstić information content (AvgIpc) is 3.45. The second-order valence-corrected chi connectivity index (χ2v) is 8.43. The molecule has 1 saturated heterocycles. The van der Waals surface area contributed by atoms with Crippen LogP contribution in [0.4, 0.5) is 0 Å². The minimum Gasteiger partial charge on any atom is -0.497 e. The molecule has 6 nitrogen and oxygen atoms in total. The third kappa shape index (κ3) is 5.57. The van der Waals surface area contributed by atoms with E-state index in [2.05, 4.69) is 49.2 Å². The average molecular weight is 437 g/mol. The lowest BCUT2D eigenvalue weighted by Gasteiger charge is -2.28. The summed E-state index contributed by atoms with van der Waals surface area (Å²) in [4.78, 5) is 4.16. The first kappa shape index (κ1) is 22.5. The third-order valence-electron chi connectivity index (χ3n) is 6.04. The van der Waals surface area contributed by atoms with Crippen molar-refractivity contribution in [3.8, 4) is 5.75 Å². The van der Waals surface area contributed by atoms with Gasteiger partial charge in [0.25, 0.3) is 0 Å². The van der Waals surface area contributed by atoms with Crippen molar-refractivity contribution in [2.24, 2.45) is 0 Å². The van der Waals surface area contributed by atoms with Gasteiger partial charge in [0.05, 0.1) is 39.8 Å². The van der Waals surface area contributed by atoms with E-state index >= 15 is 0 Å². The molecule has 1 aliphatic heterocycles. The van der Waals surface area contributed by atoms with E-state index in [1.165, 1.54) is 22.3 Å². The molecule has 1 fully saturated rings. The molecule has 1 aliphatic rings. The van der Waals surface area contributed by atoms with Crippen molar-refractivity contribution in [3.05, 3.63) is 83.4 Å². The molecule has 2 aromatic carbocycles. The molecule has 2 heterocycles. The summed E-state index contributed by atoms with van der Waals surface area (Å²) in [6.45, 7) is 6.44. The van der Waals surface area contributed by atoms with Crippen LogP contribution in [0.3, 0.4) is 0 Å². The fraction of sp³-hybridized carbons (Fsp3) is 0.423. The zero-order valence-electron chi connectivity index (χ0n) is 19.1. The largest absolute Gasteiger partial charge is 0.497 e. The number of benzene rings is 2. The van der Waals surface area contributed by atoms with Crippen molar-refractivity contribution >= 4 is 0 Å². The summed E-state index contributed by atoms with van der Waals surface area (Å²) in [7, 11) is 1.68. The van der Waals surface area contributed by atoms with E-state index < -0.39 is 5.79 Å². The van der Waals surface area contributed by atoms with Gasteiger partial charge in [0.2, 0.25) is 0 Å². The molecule has 2 unspecified atom stereocenters. The zero-order valence-corrected chi connectivity index (χ0v) is 19.1. The van der Waals surface area contributed by atoms with Crippen molar-refractivity contribution in [2.45, 2.75) is 51.7 Å². The molecule has 2 atom stereocenters. The number of aromatic nitrogens is 2. The van der Waals surface area contributed by atoms with Gasteiger partial charge in [-0.1, -0.05) is 30.3 Å². The van der Waals surface area contributed by atoms with Crippen molar-refractivity contribution in [2.75, 3.05) is 20.3 Å². The third-order valence-corrected chi connectivity index (χ3v) is 6.04. The fourth-order valence-corrected chi connectivity index (χ4v) is 4.15. The highest BCUT2D eigenvalue weighted by molar-refractivity contribution is 5.32. The van der Waals surface area contributed by atoms with Gasteiger partial charge in [-0.2, -0.15) is 0 Å². The predicted octanol–water partition coefficient (Wildman–Crippen LogP) is 4.47. The normalized spacial score (nSPS) is 20.5. The Morgan fingerprint density at radius 3 is 2.59 bits per heavy atom. The standard InChI is InChI=1S/C26H32N2O4/c1-20-5-4-6-21(2)25(20)17-30-15-24-16-31-26(32-24,18-28-14-13-27-19-28)12-11-22-7-9-23(29-3)10-8-22/h4-10,13-14,19,24H,11-12,15-18H2,1-3H3. The number of nitrogens with zero attached hydrogens (tertiary/aromatic N) is 2. The molecule has 0 radical (unpaired) electrons. The molecule has 0 spiro atoms. The van der Waals surface area contributed by atoms with E-state index in [0.29, 0.717) is 26.4 Å². The lowest BCUT2D eigenvalue weighted by Crippen LogP contribution is -2.37. The van der Waals surface area contributed by atoms with E-state index in [0.717, 1.165) is 18.6 Å². The van der Waals surface area contributed by atoms with Gasteiger partial charge < -0.3 is 23.5 Å². The summed E-state index contributed by atoms with van der Waals surface area (Å²) in [5.41, 5.74) is 4.97. The minimum absolute atomic E-state index is 0.0984. The van der Waals surface area contributed by atoms with Crippen LogP contribution in [-0.4, -0.2) is 41.8 Å². The predicted molar refractivity (Wildman–Crippen MR) is 123 cm³/mol. The highest BCUT2D eigenvalue weighted by Gasteiger charge is 2.41. The topological polar surface area (TPSA) is 54.7 Å². The number of hydrogen-bond donors (Lipinski definition) is 0. The monoisotopic (exact) mass is 436 g/mol. The quantitative estimate of drug-likeness (QED) is 0.469. The molecule has 0 N–H and O–H groups in total. The van der Waals surface area contributed by atoms with Gasteiger partial charge in [-0.3, -0.25) is 0 Å². The van der Waals surface area contributed by atoms with Crippen LogP contribution < -0.4 is 4.74 Å². The van der Waals surface area contributed by atoms with Crippen molar-refractivity contribution < 1.29 is 18.9 Å². The number of imidazole rings is 1. The second-order valence-electron chi connectivity index (χ2n) is 8.43. The van der Waals surface area contributed by atoms with Gasteiger partial charge in [-0.15, -0.1) is 0 Å². The summed E-state index contributed by atoms with van der Waals surface area (Å²) >= 11 is 0. The van der Waals surface area contributed by atoms with Crippen LogP contribution in [0.25, 0.3) is 0 Å². The van der Waals surface area contributed by atoms with Crippen LogP contribution in [-0.2, 0) is 33.8 Å². The van der Waals surface area contributed by atoms with Crippen molar-refractivity contribution in [1.82, 2.24) is 9.55 Å². The number of methoxy groups -OCH3 is 1. The Labute approximate surface area is 190 Å². The SMILES string of the molecule is COc1ccc(CCC2(Cn3ccnc3)OCC(COCc3c(C)cccc3C)O2)cc1. The molecule has 0 aliphatic carbocycles. The van der Waals surface area contributed by atoms with Crippen molar-refractivity contribution in [3.63, 3.8) is 0 Å². The van der Waals surface area contributed by atoms with Crippen LogP contribution >= 0.6 is 0 Å². The summed E-state index contributed by atoms with van der Waals surface area (Å²) < 4.78 is 26.0. The lowest BCUT2D eigenvalue weighted by molar-refractivity contribution is -0.187.